The lowest BCUT2D eigenvalue weighted by atomic mass is 10.2. The summed E-state index contributed by atoms with van der Waals surface area (Å²) >= 11 is 12.3. The van der Waals surface area contributed by atoms with Gasteiger partial charge in [0.25, 0.3) is 0 Å². The van der Waals surface area contributed by atoms with Gasteiger partial charge in [-0.05, 0) is 49.7 Å². The fourth-order valence-electron chi connectivity index (χ4n) is 2.40. The molecule has 130 valence electrons. The maximum atomic E-state index is 12.6. The van der Waals surface area contributed by atoms with Gasteiger partial charge in [0.05, 0.1) is 31.8 Å². The molecule has 3 aromatic rings. The van der Waals surface area contributed by atoms with Crippen molar-refractivity contribution < 1.29 is 8.42 Å². The molecule has 0 aliphatic heterocycles. The molecule has 0 saturated heterocycles. The van der Waals surface area contributed by atoms with Gasteiger partial charge in [0.1, 0.15) is 5.82 Å². The van der Waals surface area contributed by atoms with Crippen LogP contribution in [0.1, 0.15) is 13.8 Å². The molecule has 0 amide bonds. The highest BCUT2D eigenvalue weighted by Gasteiger charge is 2.23. The maximum absolute atomic E-state index is 12.6. The topological polar surface area (TPSA) is 72.0 Å². The highest BCUT2D eigenvalue weighted by Crippen LogP contribution is 2.33. The molecule has 0 bridgehead atoms. The van der Waals surface area contributed by atoms with Gasteiger partial charge in [-0.2, -0.15) is 4.98 Å². The minimum Gasteiger partial charge on any atom is -0.338 e. The highest BCUT2D eigenvalue weighted by atomic mass is 35.5. The van der Waals surface area contributed by atoms with Crippen molar-refractivity contribution in [2.45, 2.75) is 24.0 Å². The molecule has 1 N–H and O–H groups in total. The molecule has 0 saturated carbocycles. The first-order valence-electron chi connectivity index (χ1n) is 7.52. The number of nitrogens with zero attached hydrogens (tertiary/aromatic N) is 2. The van der Waals surface area contributed by atoms with Crippen molar-refractivity contribution in [2.24, 2.45) is 0 Å². The van der Waals surface area contributed by atoms with E-state index in [1.54, 1.807) is 56.3 Å². The molecule has 5 nitrogen and oxygen atoms in total. The zero-order valence-electron chi connectivity index (χ0n) is 13.5. The first kappa shape index (κ1) is 17.9. The van der Waals surface area contributed by atoms with E-state index in [0.29, 0.717) is 27.4 Å². The van der Waals surface area contributed by atoms with E-state index in [1.807, 2.05) is 0 Å². The molecule has 2 aromatic carbocycles. The molecule has 1 aromatic heterocycles. The third-order valence-corrected chi connectivity index (χ3v) is 6.41. The lowest BCUT2D eigenvalue weighted by Crippen LogP contribution is -2.15. The van der Waals surface area contributed by atoms with Crippen LogP contribution >= 0.6 is 23.2 Å². The number of para-hydroxylation sites is 1. The van der Waals surface area contributed by atoms with Gasteiger partial charge in [-0.25, -0.2) is 13.4 Å². The van der Waals surface area contributed by atoms with Crippen LogP contribution < -0.4 is 5.32 Å². The number of sulfone groups is 1. The predicted octanol–water partition coefficient (Wildman–Crippen LogP) is 4.86. The zero-order valence-corrected chi connectivity index (χ0v) is 15.8. The molecule has 8 heteroatoms. The van der Waals surface area contributed by atoms with E-state index >= 15 is 0 Å². The number of hydrogen-bond donors (Lipinski definition) is 1. The molecule has 0 radical (unpaired) electrons. The van der Waals surface area contributed by atoms with E-state index in [1.165, 1.54) is 0 Å². The number of aromatic nitrogens is 2. The molecule has 0 aliphatic carbocycles. The molecule has 3 rings (SSSR count). The number of hydrogen-bond acceptors (Lipinski definition) is 5. The Morgan fingerprint density at radius 3 is 2.44 bits per heavy atom. The average Bonchev–Trinajstić information content (AvgIpc) is 2.54. The van der Waals surface area contributed by atoms with Gasteiger partial charge in [-0.1, -0.05) is 29.8 Å². The molecule has 0 unspecified atom stereocenters. The van der Waals surface area contributed by atoms with Crippen molar-refractivity contribution in [3.05, 3.63) is 52.8 Å². The van der Waals surface area contributed by atoms with Crippen molar-refractivity contribution in [1.29, 1.82) is 0 Å². The fraction of sp³-hybridized carbons (Fsp3) is 0.176. The van der Waals surface area contributed by atoms with Crippen LogP contribution in [0.15, 0.2) is 47.4 Å². The summed E-state index contributed by atoms with van der Waals surface area (Å²) < 4.78 is 25.2. The van der Waals surface area contributed by atoms with Gasteiger partial charge in [-0.15, -0.1) is 0 Å². The number of nitrogens with one attached hydrogen (secondary N) is 1. The summed E-state index contributed by atoms with van der Waals surface area (Å²) in [5, 5.41) is 3.57. The van der Waals surface area contributed by atoms with Crippen molar-refractivity contribution in [2.75, 3.05) is 5.32 Å². The van der Waals surface area contributed by atoms with Crippen LogP contribution in [0, 0.1) is 0 Å². The lowest BCUT2D eigenvalue weighted by Gasteiger charge is -2.15. The van der Waals surface area contributed by atoms with Crippen LogP contribution in [0.4, 0.5) is 11.5 Å². The maximum Gasteiger partial charge on any atom is 0.224 e. The lowest BCUT2D eigenvalue weighted by molar-refractivity contribution is 0.588. The summed E-state index contributed by atoms with van der Waals surface area (Å²) in [6.07, 6.45) is 0. The van der Waals surface area contributed by atoms with Crippen LogP contribution in [0.5, 0.6) is 0 Å². The van der Waals surface area contributed by atoms with Gasteiger partial charge in [0.2, 0.25) is 5.28 Å². The molecular weight excluding hydrogens is 381 g/mol. The van der Waals surface area contributed by atoms with Crippen molar-refractivity contribution in [1.82, 2.24) is 9.97 Å². The molecule has 25 heavy (non-hydrogen) atoms. The molecule has 0 spiro atoms. The summed E-state index contributed by atoms with van der Waals surface area (Å²) in [6, 6.07) is 11.9. The smallest absolute Gasteiger partial charge is 0.224 e. The quantitative estimate of drug-likeness (QED) is 0.638. The summed E-state index contributed by atoms with van der Waals surface area (Å²) in [4.78, 5) is 8.53. The fourth-order valence-corrected chi connectivity index (χ4v) is 4.04. The molecule has 0 fully saturated rings. The van der Waals surface area contributed by atoms with Crippen LogP contribution in [0.3, 0.4) is 0 Å². The number of benzene rings is 2. The second-order valence-corrected chi connectivity index (χ2v) is 8.91. The standard InChI is InChI=1S/C17H15Cl2N3O2S/c1-10(2)25(23,24)14-9-4-3-7-12(14)20-16-15-11(18)6-5-8-13(15)21-17(19)22-16/h3-10H,1-2H3,(H,20,21,22). The third-order valence-electron chi connectivity index (χ3n) is 3.71. The number of fused-ring (bicyclic) bond motifs is 1. The summed E-state index contributed by atoms with van der Waals surface area (Å²) in [6.45, 7) is 3.28. The summed E-state index contributed by atoms with van der Waals surface area (Å²) in [5.41, 5.74) is 0.978. The van der Waals surface area contributed by atoms with E-state index in [2.05, 4.69) is 15.3 Å². The van der Waals surface area contributed by atoms with E-state index in [-0.39, 0.29) is 10.2 Å². The van der Waals surface area contributed by atoms with Crippen LogP contribution in [-0.4, -0.2) is 23.6 Å². The monoisotopic (exact) mass is 395 g/mol. The van der Waals surface area contributed by atoms with Gasteiger partial charge >= 0.3 is 0 Å². The molecule has 0 atom stereocenters. The van der Waals surface area contributed by atoms with Crippen molar-refractivity contribution in [3.8, 4) is 0 Å². The van der Waals surface area contributed by atoms with E-state index in [4.69, 9.17) is 23.2 Å². The molecular formula is C17H15Cl2N3O2S. The Bertz CT molecular complexity index is 1050. The van der Waals surface area contributed by atoms with Gasteiger partial charge in [0, 0.05) is 0 Å². The average molecular weight is 396 g/mol. The summed E-state index contributed by atoms with van der Waals surface area (Å²) in [5.74, 6) is 0.354. The van der Waals surface area contributed by atoms with Gasteiger partial charge in [0.15, 0.2) is 9.84 Å². The van der Waals surface area contributed by atoms with Gasteiger partial charge < -0.3 is 5.32 Å². The predicted molar refractivity (Wildman–Crippen MR) is 102 cm³/mol. The summed E-state index contributed by atoms with van der Waals surface area (Å²) in [7, 11) is -3.47. The van der Waals surface area contributed by atoms with Crippen molar-refractivity contribution >= 4 is 55.4 Å². The Hall–Kier alpha value is -1.89. The first-order valence-corrected chi connectivity index (χ1v) is 9.82. The van der Waals surface area contributed by atoms with Crippen LogP contribution in [0.25, 0.3) is 10.9 Å². The Morgan fingerprint density at radius 1 is 1.00 bits per heavy atom. The largest absolute Gasteiger partial charge is 0.338 e. The Morgan fingerprint density at radius 2 is 1.72 bits per heavy atom. The molecule has 0 aliphatic rings. The number of halogens is 2. The number of rotatable bonds is 4. The normalized spacial score (nSPS) is 11.9. The minimum atomic E-state index is -3.47. The van der Waals surface area contributed by atoms with E-state index in [0.717, 1.165) is 0 Å². The second-order valence-electron chi connectivity index (χ2n) is 5.69. The third kappa shape index (κ3) is 3.42. The Labute approximate surface area is 155 Å². The number of anilines is 2. The Balaban J connectivity index is 2.19. The minimum absolute atomic E-state index is 0.0430. The highest BCUT2D eigenvalue weighted by molar-refractivity contribution is 7.92. The second kappa shape index (κ2) is 6.78. The van der Waals surface area contributed by atoms with Crippen LogP contribution in [-0.2, 0) is 9.84 Å². The molecule has 1 heterocycles. The van der Waals surface area contributed by atoms with Crippen LogP contribution in [0.2, 0.25) is 10.3 Å². The van der Waals surface area contributed by atoms with E-state index in [9.17, 15) is 8.42 Å². The Kier molecular flexibility index (Phi) is 4.86. The zero-order chi connectivity index (χ0) is 18.2. The first-order chi connectivity index (χ1) is 11.8. The SMILES string of the molecule is CC(C)S(=O)(=O)c1ccccc1Nc1nc(Cl)nc2cccc(Cl)c12. The van der Waals surface area contributed by atoms with Crippen molar-refractivity contribution in [3.63, 3.8) is 0 Å². The van der Waals surface area contributed by atoms with E-state index < -0.39 is 15.1 Å². The van der Waals surface area contributed by atoms with Gasteiger partial charge in [-0.3, -0.25) is 0 Å².